The molecule has 19 heavy (non-hydrogen) atoms. The van der Waals surface area contributed by atoms with E-state index in [1.165, 1.54) is 13.3 Å². The Hall–Kier alpha value is -1.53. The minimum atomic E-state index is -4.18. The summed E-state index contributed by atoms with van der Waals surface area (Å²) in [7, 11) is 0. The molecule has 108 valence electrons. The number of alkyl halides is 3. The highest BCUT2D eigenvalue weighted by Crippen LogP contribution is 2.24. The van der Waals surface area contributed by atoms with Crippen molar-refractivity contribution in [2.75, 3.05) is 17.2 Å². The summed E-state index contributed by atoms with van der Waals surface area (Å²) in [5.41, 5.74) is 0.727. The second-order valence-corrected chi connectivity index (χ2v) is 4.49. The first-order valence-corrected chi connectivity index (χ1v) is 6.22. The Morgan fingerprint density at radius 3 is 2.47 bits per heavy atom. The van der Waals surface area contributed by atoms with Gasteiger partial charge in [-0.25, -0.2) is 9.97 Å². The Morgan fingerprint density at radius 1 is 1.26 bits per heavy atom. The summed E-state index contributed by atoms with van der Waals surface area (Å²) in [4.78, 5) is 8.06. The predicted molar refractivity (Wildman–Crippen MR) is 69.3 cm³/mol. The molecule has 0 saturated heterocycles. The largest absolute Gasteiger partial charge is 0.391 e. The first-order chi connectivity index (χ1) is 8.83. The molecule has 1 aromatic rings. The van der Waals surface area contributed by atoms with Crippen molar-refractivity contribution in [3.63, 3.8) is 0 Å². The zero-order chi connectivity index (χ0) is 14.5. The Labute approximate surface area is 110 Å². The highest BCUT2D eigenvalue weighted by atomic mass is 19.4. The molecule has 0 saturated carbocycles. The number of hydrogen-bond donors (Lipinski definition) is 2. The average molecular weight is 276 g/mol. The molecule has 0 aliphatic rings. The summed E-state index contributed by atoms with van der Waals surface area (Å²) in [6.07, 6.45) is -2.80. The summed E-state index contributed by atoms with van der Waals surface area (Å²) in [6, 6.07) is -0.729. The minimum Gasteiger partial charge on any atom is -0.370 e. The zero-order valence-corrected chi connectivity index (χ0v) is 11.3. The lowest BCUT2D eigenvalue weighted by Crippen LogP contribution is -2.25. The molecular weight excluding hydrogens is 257 g/mol. The molecule has 0 amide bonds. The quantitative estimate of drug-likeness (QED) is 0.836. The minimum absolute atomic E-state index is 0.436. The van der Waals surface area contributed by atoms with Crippen molar-refractivity contribution in [2.24, 2.45) is 0 Å². The maximum Gasteiger partial charge on any atom is 0.391 e. The third-order valence-electron chi connectivity index (χ3n) is 2.55. The molecular formula is C12H19F3N4. The van der Waals surface area contributed by atoms with Gasteiger partial charge in [-0.2, -0.15) is 13.2 Å². The van der Waals surface area contributed by atoms with Crippen LogP contribution < -0.4 is 10.6 Å². The lowest BCUT2D eigenvalue weighted by molar-refractivity contribution is -0.136. The molecule has 1 aromatic heterocycles. The van der Waals surface area contributed by atoms with Gasteiger partial charge in [0.15, 0.2) is 0 Å². The Morgan fingerprint density at radius 2 is 1.89 bits per heavy atom. The Kier molecular flexibility index (Phi) is 5.38. The lowest BCUT2D eigenvalue weighted by atomic mass is 10.2. The van der Waals surface area contributed by atoms with E-state index in [4.69, 9.17) is 0 Å². The summed E-state index contributed by atoms with van der Waals surface area (Å²) in [5.74, 6) is 1.09. The van der Waals surface area contributed by atoms with Crippen LogP contribution in [-0.2, 0) is 0 Å². The predicted octanol–water partition coefficient (Wildman–Crippen LogP) is 3.36. The molecule has 2 N–H and O–H groups in total. The van der Waals surface area contributed by atoms with Gasteiger partial charge in [0.05, 0.1) is 6.42 Å². The van der Waals surface area contributed by atoms with Crippen molar-refractivity contribution in [2.45, 2.75) is 45.8 Å². The highest BCUT2D eigenvalue weighted by molar-refractivity contribution is 5.56. The van der Waals surface area contributed by atoms with Crippen molar-refractivity contribution in [3.8, 4) is 0 Å². The third kappa shape index (κ3) is 5.32. The van der Waals surface area contributed by atoms with Crippen LogP contribution in [0.5, 0.6) is 0 Å². The van der Waals surface area contributed by atoms with Crippen molar-refractivity contribution in [3.05, 3.63) is 11.9 Å². The van der Waals surface area contributed by atoms with Gasteiger partial charge in [-0.15, -0.1) is 0 Å². The maximum absolute atomic E-state index is 12.3. The molecule has 0 radical (unpaired) electrons. The van der Waals surface area contributed by atoms with Crippen LogP contribution in [0.15, 0.2) is 6.33 Å². The molecule has 1 atom stereocenters. The average Bonchev–Trinajstić information content (AvgIpc) is 2.28. The number of hydrogen-bond acceptors (Lipinski definition) is 4. The molecule has 1 rings (SSSR count). The van der Waals surface area contributed by atoms with Crippen LogP contribution in [0.3, 0.4) is 0 Å². The van der Waals surface area contributed by atoms with Crippen LogP contribution in [0.1, 0.15) is 32.3 Å². The van der Waals surface area contributed by atoms with Gasteiger partial charge in [0.1, 0.15) is 18.0 Å². The second kappa shape index (κ2) is 6.58. The van der Waals surface area contributed by atoms with E-state index >= 15 is 0 Å². The smallest absolute Gasteiger partial charge is 0.370 e. The third-order valence-corrected chi connectivity index (χ3v) is 2.55. The van der Waals surface area contributed by atoms with E-state index < -0.39 is 18.6 Å². The second-order valence-electron chi connectivity index (χ2n) is 4.49. The molecule has 0 fully saturated rings. The van der Waals surface area contributed by atoms with Gasteiger partial charge in [-0.3, -0.25) is 0 Å². The zero-order valence-electron chi connectivity index (χ0n) is 11.3. The van der Waals surface area contributed by atoms with Gasteiger partial charge >= 0.3 is 6.18 Å². The van der Waals surface area contributed by atoms with Crippen molar-refractivity contribution >= 4 is 11.6 Å². The van der Waals surface area contributed by atoms with E-state index in [0.717, 1.165) is 18.5 Å². The molecule has 4 nitrogen and oxygen atoms in total. The van der Waals surface area contributed by atoms with Gasteiger partial charge in [0, 0.05) is 18.2 Å². The van der Waals surface area contributed by atoms with E-state index in [1.807, 2.05) is 6.92 Å². The van der Waals surface area contributed by atoms with Crippen molar-refractivity contribution in [1.82, 2.24) is 9.97 Å². The van der Waals surface area contributed by atoms with Gasteiger partial charge in [0.25, 0.3) is 0 Å². The highest BCUT2D eigenvalue weighted by Gasteiger charge is 2.30. The molecule has 0 aliphatic carbocycles. The van der Waals surface area contributed by atoms with E-state index in [-0.39, 0.29) is 0 Å². The van der Waals surface area contributed by atoms with Crippen LogP contribution in [0, 0.1) is 6.92 Å². The van der Waals surface area contributed by atoms with E-state index in [2.05, 4.69) is 20.6 Å². The number of halogens is 3. The van der Waals surface area contributed by atoms with Gasteiger partial charge in [0.2, 0.25) is 0 Å². The summed E-state index contributed by atoms with van der Waals surface area (Å²) >= 11 is 0. The van der Waals surface area contributed by atoms with Crippen LogP contribution in [0.2, 0.25) is 0 Å². The number of nitrogens with one attached hydrogen (secondary N) is 2. The molecule has 0 aromatic carbocycles. The van der Waals surface area contributed by atoms with Gasteiger partial charge < -0.3 is 10.6 Å². The Bertz CT molecular complexity index is 406. The molecule has 1 unspecified atom stereocenters. The van der Waals surface area contributed by atoms with Crippen LogP contribution in [0.4, 0.5) is 24.8 Å². The van der Waals surface area contributed by atoms with E-state index in [1.54, 1.807) is 6.92 Å². The normalized spacial score (nSPS) is 13.2. The molecule has 0 aliphatic heterocycles. The van der Waals surface area contributed by atoms with Crippen LogP contribution in [0.25, 0.3) is 0 Å². The fourth-order valence-electron chi connectivity index (χ4n) is 1.65. The number of anilines is 2. The van der Waals surface area contributed by atoms with Crippen LogP contribution in [-0.4, -0.2) is 28.7 Å². The van der Waals surface area contributed by atoms with Gasteiger partial charge in [-0.1, -0.05) is 6.92 Å². The number of aromatic nitrogens is 2. The first-order valence-electron chi connectivity index (χ1n) is 6.22. The van der Waals surface area contributed by atoms with Crippen molar-refractivity contribution in [1.29, 1.82) is 0 Å². The first kappa shape index (κ1) is 15.5. The fraction of sp³-hybridized carbons (Fsp3) is 0.667. The summed E-state index contributed by atoms with van der Waals surface area (Å²) in [6.45, 7) is 6.04. The number of rotatable bonds is 6. The Balaban J connectivity index is 2.73. The molecule has 0 spiro atoms. The molecule has 1 heterocycles. The summed E-state index contributed by atoms with van der Waals surface area (Å²) < 4.78 is 36.8. The van der Waals surface area contributed by atoms with Crippen LogP contribution >= 0.6 is 0 Å². The number of nitrogens with zero attached hydrogens (tertiary/aromatic N) is 2. The standard InChI is InChI=1S/C12H19F3N4/c1-4-5-16-10-9(3)11(18-7-17-10)19-8(2)6-12(13,14)15/h7-8H,4-6H2,1-3H3,(H2,16,17,18,19). The lowest BCUT2D eigenvalue weighted by Gasteiger charge is -2.18. The summed E-state index contributed by atoms with van der Waals surface area (Å²) in [5, 5.41) is 5.88. The van der Waals surface area contributed by atoms with Crippen molar-refractivity contribution < 1.29 is 13.2 Å². The molecule has 0 bridgehead atoms. The van der Waals surface area contributed by atoms with Gasteiger partial charge in [-0.05, 0) is 20.3 Å². The van der Waals surface area contributed by atoms with E-state index in [9.17, 15) is 13.2 Å². The monoisotopic (exact) mass is 276 g/mol. The molecule has 7 heteroatoms. The van der Waals surface area contributed by atoms with E-state index in [0.29, 0.717) is 11.6 Å². The maximum atomic E-state index is 12.3. The SMILES string of the molecule is CCCNc1ncnc(NC(C)CC(F)(F)F)c1C. The topological polar surface area (TPSA) is 49.8 Å². The fourth-order valence-corrected chi connectivity index (χ4v) is 1.65.